The van der Waals surface area contributed by atoms with Crippen molar-refractivity contribution in [2.45, 2.75) is 6.61 Å². The summed E-state index contributed by atoms with van der Waals surface area (Å²) in [6, 6.07) is 0. The SMILES string of the molecule is OCc1cnc(Br)o1. The van der Waals surface area contributed by atoms with Crippen LogP contribution < -0.4 is 0 Å². The van der Waals surface area contributed by atoms with Gasteiger partial charge < -0.3 is 9.52 Å². The molecule has 1 rings (SSSR count). The fraction of sp³-hybridized carbons (Fsp3) is 0.250. The Kier molecular flexibility index (Phi) is 1.65. The van der Waals surface area contributed by atoms with Crippen LogP contribution in [0.5, 0.6) is 0 Å². The Bertz CT molecular complexity index is 174. The van der Waals surface area contributed by atoms with Crippen molar-refractivity contribution in [1.29, 1.82) is 0 Å². The molecule has 0 aliphatic rings. The number of aliphatic hydroxyl groups excluding tert-OH is 1. The highest BCUT2D eigenvalue weighted by Gasteiger charge is 1.95. The predicted octanol–water partition coefficient (Wildman–Crippen LogP) is 0.929. The second-order valence-electron chi connectivity index (χ2n) is 1.24. The zero-order chi connectivity index (χ0) is 5.98. The molecule has 0 radical (unpaired) electrons. The molecular formula is C4H4BrNO2. The Labute approximate surface area is 54.5 Å². The number of aromatic nitrogens is 1. The predicted molar refractivity (Wildman–Crippen MR) is 30.1 cm³/mol. The second kappa shape index (κ2) is 2.28. The van der Waals surface area contributed by atoms with E-state index in [9.17, 15) is 0 Å². The van der Waals surface area contributed by atoms with Gasteiger partial charge in [0.15, 0.2) is 5.76 Å². The van der Waals surface area contributed by atoms with Crippen molar-refractivity contribution in [2.75, 3.05) is 0 Å². The van der Waals surface area contributed by atoms with Gasteiger partial charge in [0.25, 0.3) is 4.80 Å². The van der Waals surface area contributed by atoms with E-state index >= 15 is 0 Å². The molecular weight excluding hydrogens is 174 g/mol. The minimum Gasteiger partial charge on any atom is -0.434 e. The van der Waals surface area contributed by atoms with Crippen LogP contribution in [0.1, 0.15) is 5.76 Å². The lowest BCUT2D eigenvalue weighted by Crippen LogP contribution is -1.72. The van der Waals surface area contributed by atoms with Crippen molar-refractivity contribution >= 4 is 15.9 Å². The molecule has 0 aliphatic heterocycles. The minimum absolute atomic E-state index is 0.0986. The summed E-state index contributed by atoms with van der Waals surface area (Å²) in [7, 11) is 0. The van der Waals surface area contributed by atoms with Crippen molar-refractivity contribution in [1.82, 2.24) is 4.98 Å². The summed E-state index contributed by atoms with van der Waals surface area (Å²) >= 11 is 2.98. The van der Waals surface area contributed by atoms with Gasteiger partial charge in [0, 0.05) is 15.9 Å². The van der Waals surface area contributed by atoms with Gasteiger partial charge in [-0.2, -0.15) is 0 Å². The van der Waals surface area contributed by atoms with Gasteiger partial charge in [0.05, 0.1) is 6.20 Å². The average molecular weight is 178 g/mol. The van der Waals surface area contributed by atoms with Gasteiger partial charge in [-0.1, -0.05) is 0 Å². The maximum atomic E-state index is 8.40. The molecule has 1 heterocycles. The van der Waals surface area contributed by atoms with E-state index in [1.807, 2.05) is 0 Å². The first-order chi connectivity index (χ1) is 3.83. The molecule has 1 aromatic rings. The van der Waals surface area contributed by atoms with Gasteiger partial charge in [-0.05, 0) is 0 Å². The van der Waals surface area contributed by atoms with Gasteiger partial charge in [-0.15, -0.1) is 0 Å². The number of halogens is 1. The van der Waals surface area contributed by atoms with Crippen molar-refractivity contribution in [2.24, 2.45) is 0 Å². The molecule has 1 N–H and O–H groups in total. The molecule has 0 saturated heterocycles. The van der Waals surface area contributed by atoms with Crippen molar-refractivity contribution < 1.29 is 9.52 Å². The molecule has 8 heavy (non-hydrogen) atoms. The number of hydrogen-bond donors (Lipinski definition) is 1. The average Bonchev–Trinajstić information content (AvgIpc) is 2.14. The number of nitrogens with zero attached hydrogens (tertiary/aromatic N) is 1. The Morgan fingerprint density at radius 2 is 2.62 bits per heavy atom. The summed E-state index contributed by atoms with van der Waals surface area (Å²) in [5.74, 6) is 0.469. The molecule has 4 heteroatoms. The first kappa shape index (κ1) is 5.78. The summed E-state index contributed by atoms with van der Waals surface area (Å²) in [5.41, 5.74) is 0. The standard InChI is InChI=1S/C4H4BrNO2/c5-4-6-1-3(2-7)8-4/h1,7H,2H2. The first-order valence-electron chi connectivity index (χ1n) is 2.04. The van der Waals surface area contributed by atoms with Crippen molar-refractivity contribution in [3.05, 3.63) is 16.8 Å². The molecule has 0 bridgehead atoms. The summed E-state index contributed by atoms with van der Waals surface area (Å²) in [6.45, 7) is -0.0986. The number of hydrogen-bond acceptors (Lipinski definition) is 3. The Balaban J connectivity index is 2.84. The van der Waals surface area contributed by atoms with Crippen LogP contribution in [0, 0.1) is 0 Å². The maximum absolute atomic E-state index is 8.40. The van der Waals surface area contributed by atoms with Crippen LogP contribution in [0.25, 0.3) is 0 Å². The second-order valence-corrected chi connectivity index (χ2v) is 1.92. The van der Waals surface area contributed by atoms with Crippen LogP contribution in [0.4, 0.5) is 0 Å². The van der Waals surface area contributed by atoms with Crippen LogP contribution in [0.15, 0.2) is 15.4 Å². The van der Waals surface area contributed by atoms with Crippen LogP contribution in [-0.2, 0) is 6.61 Å². The number of aliphatic hydroxyl groups is 1. The molecule has 0 spiro atoms. The van der Waals surface area contributed by atoms with Gasteiger partial charge in [-0.25, -0.2) is 4.98 Å². The number of oxazole rings is 1. The molecule has 0 fully saturated rings. The fourth-order valence-electron chi connectivity index (χ4n) is 0.357. The molecule has 0 aromatic carbocycles. The lowest BCUT2D eigenvalue weighted by molar-refractivity contribution is 0.245. The van der Waals surface area contributed by atoms with E-state index in [1.54, 1.807) is 0 Å². The van der Waals surface area contributed by atoms with Gasteiger partial charge >= 0.3 is 0 Å². The molecule has 0 atom stereocenters. The van der Waals surface area contributed by atoms with E-state index in [0.29, 0.717) is 10.6 Å². The molecule has 1 aromatic heterocycles. The van der Waals surface area contributed by atoms with Crippen molar-refractivity contribution in [3.8, 4) is 0 Å². The van der Waals surface area contributed by atoms with Crippen LogP contribution in [-0.4, -0.2) is 10.1 Å². The van der Waals surface area contributed by atoms with E-state index in [0.717, 1.165) is 0 Å². The Morgan fingerprint density at radius 3 is 2.88 bits per heavy atom. The fourth-order valence-corrected chi connectivity index (χ4v) is 0.667. The molecule has 0 saturated carbocycles. The third kappa shape index (κ3) is 1.08. The topological polar surface area (TPSA) is 46.3 Å². The summed E-state index contributed by atoms with van der Waals surface area (Å²) in [6.07, 6.45) is 1.46. The van der Waals surface area contributed by atoms with Crippen LogP contribution in [0.2, 0.25) is 0 Å². The molecule has 44 valence electrons. The molecule has 0 unspecified atom stereocenters. The summed E-state index contributed by atoms with van der Waals surface area (Å²) in [4.78, 5) is 4.08. The van der Waals surface area contributed by atoms with Crippen molar-refractivity contribution in [3.63, 3.8) is 0 Å². The minimum atomic E-state index is -0.0986. The summed E-state index contributed by atoms with van der Waals surface area (Å²) in [5, 5.41) is 8.40. The Hall–Kier alpha value is -0.350. The van der Waals surface area contributed by atoms with Crippen LogP contribution in [0.3, 0.4) is 0 Å². The highest BCUT2D eigenvalue weighted by atomic mass is 79.9. The highest BCUT2D eigenvalue weighted by Crippen LogP contribution is 2.08. The van der Waals surface area contributed by atoms with E-state index in [2.05, 4.69) is 20.9 Å². The summed E-state index contributed by atoms with van der Waals surface area (Å²) < 4.78 is 4.79. The third-order valence-electron chi connectivity index (χ3n) is 0.681. The smallest absolute Gasteiger partial charge is 0.264 e. The molecule has 0 aliphatic carbocycles. The zero-order valence-corrected chi connectivity index (χ0v) is 5.55. The lowest BCUT2D eigenvalue weighted by atomic mass is 10.6. The van der Waals surface area contributed by atoms with E-state index in [-0.39, 0.29) is 6.61 Å². The van der Waals surface area contributed by atoms with Gasteiger partial charge in [0.2, 0.25) is 0 Å². The maximum Gasteiger partial charge on any atom is 0.264 e. The number of rotatable bonds is 1. The van der Waals surface area contributed by atoms with E-state index < -0.39 is 0 Å². The van der Waals surface area contributed by atoms with Crippen LogP contribution >= 0.6 is 15.9 Å². The Morgan fingerprint density at radius 1 is 1.88 bits per heavy atom. The quantitative estimate of drug-likeness (QED) is 0.695. The first-order valence-corrected chi connectivity index (χ1v) is 2.83. The van der Waals surface area contributed by atoms with E-state index in [4.69, 9.17) is 9.52 Å². The lowest BCUT2D eigenvalue weighted by Gasteiger charge is -1.79. The normalized spacial score (nSPS) is 9.75. The zero-order valence-electron chi connectivity index (χ0n) is 3.97. The van der Waals surface area contributed by atoms with Gasteiger partial charge in [0.1, 0.15) is 6.61 Å². The molecule has 0 amide bonds. The monoisotopic (exact) mass is 177 g/mol. The van der Waals surface area contributed by atoms with E-state index in [1.165, 1.54) is 6.20 Å². The highest BCUT2D eigenvalue weighted by molar-refractivity contribution is 9.10. The third-order valence-corrected chi connectivity index (χ3v) is 1.05. The van der Waals surface area contributed by atoms with Gasteiger partial charge in [-0.3, -0.25) is 0 Å². The molecule has 3 nitrogen and oxygen atoms in total. The largest absolute Gasteiger partial charge is 0.434 e.